The Balaban J connectivity index is 1.15. The van der Waals surface area contributed by atoms with Crippen molar-refractivity contribution in [3.05, 3.63) is 263 Å². The van der Waals surface area contributed by atoms with Crippen LogP contribution in [0.3, 0.4) is 0 Å². The molecule has 1 spiro atoms. The summed E-state index contributed by atoms with van der Waals surface area (Å²) in [6.07, 6.45) is 0. The third-order valence-electron chi connectivity index (χ3n) is 13.6. The van der Waals surface area contributed by atoms with Crippen molar-refractivity contribution in [3.8, 4) is 44.9 Å². The first kappa shape index (κ1) is 32.6. The van der Waals surface area contributed by atoms with Gasteiger partial charge in [0.05, 0.1) is 10.8 Å². The molecule has 10 aromatic rings. The smallest absolute Gasteiger partial charge is 0.132 e. The van der Waals surface area contributed by atoms with Crippen LogP contribution in [0.4, 0.5) is 0 Å². The lowest BCUT2D eigenvalue weighted by Crippen LogP contribution is -2.32. The molecule has 0 N–H and O–H groups in total. The minimum atomic E-state index is -0.609. The number of fused-ring (bicyclic) bond motifs is 16. The van der Waals surface area contributed by atoms with Crippen molar-refractivity contribution in [2.24, 2.45) is 0 Å². The van der Waals surface area contributed by atoms with Gasteiger partial charge in [0, 0.05) is 11.1 Å². The molecule has 1 aliphatic heterocycles. The molecule has 1 unspecified atom stereocenters. The fraction of sp³-hybridized carbons (Fsp3) is 0.0345. The first-order valence-electron chi connectivity index (χ1n) is 20.6. The van der Waals surface area contributed by atoms with Crippen LogP contribution in [0.15, 0.2) is 218 Å². The summed E-state index contributed by atoms with van der Waals surface area (Å²) in [5.41, 5.74) is 16.4. The zero-order chi connectivity index (χ0) is 38.7. The van der Waals surface area contributed by atoms with Gasteiger partial charge in [-0.25, -0.2) is 0 Å². The Hall–Kier alpha value is -7.48. The molecule has 0 aromatic heterocycles. The van der Waals surface area contributed by atoms with Crippen molar-refractivity contribution >= 4 is 21.5 Å². The average Bonchev–Trinajstić information content (AvgIpc) is 3.78. The first-order valence-corrected chi connectivity index (χ1v) is 20.6. The molecule has 0 fully saturated rings. The average molecular weight is 749 g/mol. The van der Waals surface area contributed by atoms with Crippen molar-refractivity contribution < 1.29 is 4.74 Å². The summed E-state index contributed by atoms with van der Waals surface area (Å²) in [4.78, 5) is 0. The van der Waals surface area contributed by atoms with Gasteiger partial charge in [-0.1, -0.05) is 200 Å². The van der Waals surface area contributed by atoms with Crippen LogP contribution >= 0.6 is 0 Å². The maximum absolute atomic E-state index is 7.05. The third-order valence-corrected chi connectivity index (χ3v) is 13.6. The van der Waals surface area contributed by atoms with Gasteiger partial charge in [-0.2, -0.15) is 0 Å². The second-order valence-electron chi connectivity index (χ2n) is 16.2. The van der Waals surface area contributed by atoms with Crippen molar-refractivity contribution in [2.45, 2.75) is 10.8 Å². The molecule has 1 atom stereocenters. The topological polar surface area (TPSA) is 9.23 Å². The Bertz CT molecular complexity index is 3330. The molecule has 59 heavy (non-hydrogen) atoms. The molecular formula is C58H36O. The van der Waals surface area contributed by atoms with Gasteiger partial charge in [0.15, 0.2) is 0 Å². The van der Waals surface area contributed by atoms with E-state index in [9.17, 15) is 0 Å². The van der Waals surface area contributed by atoms with Gasteiger partial charge in [-0.05, 0) is 107 Å². The molecule has 0 amide bonds. The first-order chi connectivity index (χ1) is 29.3. The van der Waals surface area contributed by atoms with E-state index >= 15 is 0 Å². The molecule has 274 valence electrons. The van der Waals surface area contributed by atoms with E-state index in [-0.39, 0.29) is 0 Å². The fourth-order valence-corrected chi connectivity index (χ4v) is 11.4. The maximum Gasteiger partial charge on any atom is 0.132 e. The van der Waals surface area contributed by atoms with Crippen molar-refractivity contribution in [1.82, 2.24) is 0 Å². The minimum absolute atomic E-state index is 0.593. The zero-order valence-electron chi connectivity index (χ0n) is 32.2. The molecule has 0 saturated heterocycles. The Kier molecular flexibility index (Phi) is 6.64. The second-order valence-corrected chi connectivity index (χ2v) is 16.2. The van der Waals surface area contributed by atoms with Crippen LogP contribution in [0, 0.1) is 0 Å². The zero-order valence-corrected chi connectivity index (χ0v) is 32.2. The monoisotopic (exact) mass is 748 g/mol. The summed E-state index contributed by atoms with van der Waals surface area (Å²) in [6.45, 7) is 0. The Morgan fingerprint density at radius 1 is 0.288 bits per heavy atom. The summed E-state index contributed by atoms with van der Waals surface area (Å²) in [5, 5.41) is 4.94. The number of benzene rings is 10. The fourth-order valence-electron chi connectivity index (χ4n) is 11.4. The standard InChI is InChI=1S/C58H36O/c1-2-18-40(19-3-1)57(49-27-13-11-25-46(49)47-33-30-37-16-4-6-21-42(37)55(47)57)48-26-12-8-20-41(48)39-32-34-53-52(36-39)58(56-43-22-7-5-17-38(43)31-35-54(56)59-53)50-28-14-9-23-44(50)45-24-10-15-29-51(45)58/h1-36H. The van der Waals surface area contributed by atoms with Crippen LogP contribution in [0.2, 0.25) is 0 Å². The van der Waals surface area contributed by atoms with Crippen LogP contribution in [0.5, 0.6) is 11.5 Å². The highest BCUT2D eigenvalue weighted by Gasteiger charge is 2.53. The molecule has 13 rings (SSSR count). The number of hydrogen-bond acceptors (Lipinski definition) is 1. The molecule has 1 heteroatoms. The van der Waals surface area contributed by atoms with Crippen molar-refractivity contribution in [3.63, 3.8) is 0 Å². The van der Waals surface area contributed by atoms with Gasteiger partial charge in [0.25, 0.3) is 0 Å². The van der Waals surface area contributed by atoms with Gasteiger partial charge in [0.1, 0.15) is 11.5 Å². The van der Waals surface area contributed by atoms with E-state index < -0.39 is 10.8 Å². The largest absolute Gasteiger partial charge is 0.457 e. The highest BCUT2D eigenvalue weighted by atomic mass is 16.5. The maximum atomic E-state index is 7.05. The van der Waals surface area contributed by atoms with Crippen molar-refractivity contribution in [2.75, 3.05) is 0 Å². The normalized spacial score (nSPS) is 16.1. The van der Waals surface area contributed by atoms with E-state index in [0.29, 0.717) is 0 Å². The van der Waals surface area contributed by atoms with E-state index in [2.05, 4.69) is 218 Å². The molecule has 1 nitrogen and oxygen atoms in total. The van der Waals surface area contributed by atoms with E-state index in [1.807, 2.05) is 0 Å². The van der Waals surface area contributed by atoms with E-state index in [1.165, 1.54) is 88.3 Å². The number of rotatable bonds is 3. The van der Waals surface area contributed by atoms with Crippen LogP contribution < -0.4 is 4.74 Å². The predicted molar refractivity (Wildman–Crippen MR) is 242 cm³/mol. The molecule has 0 bridgehead atoms. The van der Waals surface area contributed by atoms with Gasteiger partial charge in [0.2, 0.25) is 0 Å². The highest BCUT2D eigenvalue weighted by molar-refractivity contribution is 6.02. The van der Waals surface area contributed by atoms with Gasteiger partial charge in [-0.15, -0.1) is 0 Å². The van der Waals surface area contributed by atoms with E-state index in [4.69, 9.17) is 4.74 Å². The Labute approximate surface area is 343 Å². The van der Waals surface area contributed by atoms with Crippen LogP contribution in [-0.4, -0.2) is 0 Å². The molecule has 1 heterocycles. The lowest BCUT2D eigenvalue weighted by atomic mass is 9.63. The second kappa shape index (κ2) is 12.0. The summed E-state index contributed by atoms with van der Waals surface area (Å²) >= 11 is 0. The minimum Gasteiger partial charge on any atom is -0.457 e. The summed E-state index contributed by atoms with van der Waals surface area (Å²) in [7, 11) is 0. The van der Waals surface area contributed by atoms with E-state index in [1.54, 1.807) is 0 Å². The van der Waals surface area contributed by atoms with Gasteiger partial charge < -0.3 is 4.74 Å². The summed E-state index contributed by atoms with van der Waals surface area (Å²) < 4.78 is 7.05. The van der Waals surface area contributed by atoms with Crippen LogP contribution in [0.25, 0.3) is 54.9 Å². The molecule has 10 aromatic carbocycles. The lowest BCUT2D eigenvalue weighted by Gasteiger charge is -2.40. The highest BCUT2D eigenvalue weighted by Crippen LogP contribution is 2.64. The quantitative estimate of drug-likeness (QED) is 0.175. The summed E-state index contributed by atoms with van der Waals surface area (Å²) in [5.74, 6) is 1.80. The predicted octanol–water partition coefficient (Wildman–Crippen LogP) is 14.5. The molecule has 0 saturated carbocycles. The molecule has 0 radical (unpaired) electrons. The molecular weight excluding hydrogens is 713 g/mol. The number of ether oxygens (including phenoxy) is 1. The Morgan fingerprint density at radius 2 is 0.763 bits per heavy atom. The molecule has 2 aliphatic carbocycles. The molecule has 3 aliphatic rings. The number of hydrogen-bond donors (Lipinski definition) is 0. The Morgan fingerprint density at radius 3 is 1.42 bits per heavy atom. The summed E-state index contributed by atoms with van der Waals surface area (Å²) in [6, 6.07) is 81.1. The lowest BCUT2D eigenvalue weighted by molar-refractivity contribution is 0.438. The van der Waals surface area contributed by atoms with Crippen LogP contribution in [0.1, 0.15) is 44.5 Å². The van der Waals surface area contributed by atoms with E-state index in [0.717, 1.165) is 22.6 Å². The van der Waals surface area contributed by atoms with Crippen LogP contribution in [-0.2, 0) is 10.8 Å². The van der Waals surface area contributed by atoms with Crippen molar-refractivity contribution in [1.29, 1.82) is 0 Å². The third kappa shape index (κ3) is 4.14. The van der Waals surface area contributed by atoms with Gasteiger partial charge in [-0.3, -0.25) is 0 Å². The SMILES string of the molecule is c1ccc(C2(c3ccccc3-c3ccc4c(c3)C3(c5ccccc5-c5ccccc53)c3c(ccc5ccccc35)O4)c3ccccc3-c3ccc4ccccc4c32)cc1. The van der Waals surface area contributed by atoms with Gasteiger partial charge >= 0.3 is 0 Å².